The van der Waals surface area contributed by atoms with Gasteiger partial charge < -0.3 is 5.11 Å². The van der Waals surface area contributed by atoms with Crippen LogP contribution in [0.3, 0.4) is 0 Å². The topological polar surface area (TPSA) is 20.2 Å². The molecule has 0 heterocycles. The van der Waals surface area contributed by atoms with Crippen molar-refractivity contribution in [1.82, 2.24) is 0 Å². The zero-order valence-electron chi connectivity index (χ0n) is 21.2. The first-order valence-electron chi connectivity index (χ1n) is 12.9. The van der Waals surface area contributed by atoms with Gasteiger partial charge in [-0.3, -0.25) is 0 Å². The van der Waals surface area contributed by atoms with Crippen LogP contribution in [-0.4, -0.2) is 16.6 Å². The normalized spacial score (nSPS) is 11.9. The summed E-state index contributed by atoms with van der Waals surface area (Å²) in [6.07, 6.45) is 16.3. The van der Waals surface area contributed by atoms with E-state index in [1.807, 2.05) is 11.8 Å². The van der Waals surface area contributed by atoms with Crippen molar-refractivity contribution in [1.29, 1.82) is 0 Å². The molecule has 0 radical (unpaired) electrons. The Hall–Kier alpha value is -0.280. The SMILES string of the molecule is CCCCCCCCSCc1cc(CSCCCCCCCC)c(O)c(C(C)(C)C)c1. The quantitative estimate of drug-likeness (QED) is 0.217. The molecule has 0 atom stereocenters. The highest BCUT2D eigenvalue weighted by atomic mass is 32.2. The van der Waals surface area contributed by atoms with E-state index < -0.39 is 0 Å². The predicted molar refractivity (Wildman–Crippen MR) is 146 cm³/mol. The lowest BCUT2D eigenvalue weighted by atomic mass is 9.84. The standard InChI is InChI=1S/C28H50OS2/c1-6-8-10-12-14-16-18-30-22-24-20-25(27(29)26(21-24)28(3,4)5)23-31-19-17-15-13-11-9-7-2/h20-21,29H,6-19,22-23H2,1-5H3. The summed E-state index contributed by atoms with van der Waals surface area (Å²) in [6.45, 7) is 11.2. The first kappa shape index (κ1) is 28.8. The second-order valence-electron chi connectivity index (χ2n) is 10.0. The van der Waals surface area contributed by atoms with Gasteiger partial charge in [-0.15, -0.1) is 0 Å². The van der Waals surface area contributed by atoms with Gasteiger partial charge in [-0.25, -0.2) is 0 Å². The summed E-state index contributed by atoms with van der Waals surface area (Å²) >= 11 is 4.04. The van der Waals surface area contributed by atoms with Gasteiger partial charge in [0.2, 0.25) is 0 Å². The van der Waals surface area contributed by atoms with E-state index in [0.717, 1.165) is 22.6 Å². The average molecular weight is 467 g/mol. The minimum Gasteiger partial charge on any atom is -0.507 e. The number of rotatable bonds is 18. The molecular weight excluding hydrogens is 416 g/mol. The van der Waals surface area contributed by atoms with Crippen molar-refractivity contribution in [3.05, 3.63) is 28.8 Å². The largest absolute Gasteiger partial charge is 0.507 e. The molecule has 1 rings (SSSR count). The van der Waals surface area contributed by atoms with Gasteiger partial charge in [0, 0.05) is 17.1 Å². The molecule has 0 fully saturated rings. The van der Waals surface area contributed by atoms with Crippen molar-refractivity contribution in [2.45, 2.75) is 129 Å². The predicted octanol–water partition coefficient (Wildman–Crippen LogP) is 9.88. The molecule has 3 heteroatoms. The van der Waals surface area contributed by atoms with E-state index in [4.69, 9.17) is 0 Å². The van der Waals surface area contributed by atoms with E-state index in [1.165, 1.54) is 94.1 Å². The smallest absolute Gasteiger partial charge is 0.123 e. The Labute approximate surface area is 203 Å². The van der Waals surface area contributed by atoms with Crippen LogP contribution in [0.2, 0.25) is 0 Å². The molecular formula is C28H50OS2. The van der Waals surface area contributed by atoms with E-state index in [1.54, 1.807) is 0 Å². The lowest BCUT2D eigenvalue weighted by Crippen LogP contribution is -2.13. The van der Waals surface area contributed by atoms with Crippen molar-refractivity contribution in [2.24, 2.45) is 0 Å². The van der Waals surface area contributed by atoms with Crippen LogP contribution in [0.1, 0.15) is 128 Å². The zero-order valence-corrected chi connectivity index (χ0v) is 22.9. The lowest BCUT2D eigenvalue weighted by Gasteiger charge is -2.23. The van der Waals surface area contributed by atoms with Crippen molar-refractivity contribution < 1.29 is 5.11 Å². The van der Waals surface area contributed by atoms with E-state index in [-0.39, 0.29) is 5.41 Å². The minimum atomic E-state index is -0.0251. The molecule has 0 amide bonds. The van der Waals surface area contributed by atoms with Crippen LogP contribution in [0.5, 0.6) is 5.75 Å². The molecule has 0 unspecified atom stereocenters. The molecule has 0 aromatic heterocycles. The highest BCUT2D eigenvalue weighted by Gasteiger charge is 2.21. The number of phenols is 1. The number of hydrogen-bond acceptors (Lipinski definition) is 3. The van der Waals surface area contributed by atoms with Crippen molar-refractivity contribution in [3.8, 4) is 5.75 Å². The zero-order chi connectivity index (χ0) is 23.0. The first-order valence-corrected chi connectivity index (χ1v) is 15.2. The summed E-state index contributed by atoms with van der Waals surface area (Å²) in [5.74, 6) is 4.98. The Morgan fingerprint density at radius 3 is 1.68 bits per heavy atom. The van der Waals surface area contributed by atoms with Crippen LogP contribution in [-0.2, 0) is 16.9 Å². The van der Waals surface area contributed by atoms with Crippen molar-refractivity contribution >= 4 is 23.5 Å². The van der Waals surface area contributed by atoms with Gasteiger partial charge in [0.05, 0.1) is 0 Å². The summed E-state index contributed by atoms with van der Waals surface area (Å²) in [6, 6.07) is 4.53. The fourth-order valence-electron chi connectivity index (χ4n) is 3.87. The fourth-order valence-corrected chi connectivity index (χ4v) is 5.81. The van der Waals surface area contributed by atoms with E-state index in [2.05, 4.69) is 58.5 Å². The second kappa shape index (κ2) is 17.2. The molecule has 180 valence electrons. The molecule has 0 aliphatic heterocycles. The van der Waals surface area contributed by atoms with Gasteiger partial charge in [0.15, 0.2) is 0 Å². The summed E-state index contributed by atoms with van der Waals surface area (Å²) in [4.78, 5) is 0. The first-order chi connectivity index (χ1) is 14.9. The molecule has 1 nitrogen and oxygen atoms in total. The Kier molecular flexibility index (Phi) is 16.0. The monoisotopic (exact) mass is 466 g/mol. The fraction of sp³-hybridized carbons (Fsp3) is 0.786. The van der Waals surface area contributed by atoms with Gasteiger partial charge in [0.25, 0.3) is 0 Å². The van der Waals surface area contributed by atoms with Crippen molar-refractivity contribution in [2.75, 3.05) is 11.5 Å². The average Bonchev–Trinajstić information content (AvgIpc) is 2.72. The maximum Gasteiger partial charge on any atom is 0.123 e. The van der Waals surface area contributed by atoms with Crippen LogP contribution in [0.4, 0.5) is 0 Å². The Morgan fingerprint density at radius 1 is 0.677 bits per heavy atom. The molecule has 0 aliphatic carbocycles. The van der Waals surface area contributed by atoms with E-state index >= 15 is 0 Å². The van der Waals surface area contributed by atoms with Gasteiger partial charge in [0.1, 0.15) is 5.75 Å². The van der Waals surface area contributed by atoms with Gasteiger partial charge in [-0.05, 0) is 40.9 Å². The number of benzene rings is 1. The molecule has 0 bridgehead atoms. The minimum absolute atomic E-state index is 0.0251. The Bertz CT molecular complexity index is 577. The Balaban J connectivity index is 2.51. The third kappa shape index (κ3) is 13.1. The van der Waals surface area contributed by atoms with Crippen LogP contribution in [0, 0.1) is 0 Å². The number of aromatic hydroxyl groups is 1. The molecule has 1 aromatic rings. The highest BCUT2D eigenvalue weighted by molar-refractivity contribution is 7.98. The van der Waals surface area contributed by atoms with Crippen LogP contribution >= 0.6 is 23.5 Å². The molecule has 0 spiro atoms. The Morgan fingerprint density at radius 2 is 1.16 bits per heavy atom. The summed E-state index contributed by atoms with van der Waals surface area (Å²) < 4.78 is 0. The van der Waals surface area contributed by atoms with Gasteiger partial charge in [-0.2, -0.15) is 23.5 Å². The van der Waals surface area contributed by atoms with Crippen molar-refractivity contribution in [3.63, 3.8) is 0 Å². The highest BCUT2D eigenvalue weighted by Crippen LogP contribution is 2.37. The number of unbranched alkanes of at least 4 members (excludes halogenated alkanes) is 10. The van der Waals surface area contributed by atoms with Gasteiger partial charge in [-0.1, -0.05) is 111 Å². The molecule has 0 saturated carbocycles. The van der Waals surface area contributed by atoms with Gasteiger partial charge >= 0.3 is 0 Å². The summed E-state index contributed by atoms with van der Waals surface area (Å²) in [7, 11) is 0. The van der Waals surface area contributed by atoms with Crippen LogP contribution in [0.15, 0.2) is 12.1 Å². The third-order valence-corrected chi connectivity index (χ3v) is 8.07. The number of hydrogen-bond donors (Lipinski definition) is 1. The lowest BCUT2D eigenvalue weighted by molar-refractivity contribution is 0.442. The summed E-state index contributed by atoms with van der Waals surface area (Å²) in [5.41, 5.74) is 3.61. The van der Waals surface area contributed by atoms with Crippen LogP contribution < -0.4 is 0 Å². The maximum absolute atomic E-state index is 10.9. The molecule has 1 aromatic carbocycles. The molecule has 31 heavy (non-hydrogen) atoms. The number of phenolic OH excluding ortho intramolecular Hbond substituents is 1. The van der Waals surface area contributed by atoms with E-state index in [9.17, 15) is 5.11 Å². The molecule has 0 aliphatic rings. The summed E-state index contributed by atoms with van der Waals surface area (Å²) in [5, 5.41) is 10.9. The molecule has 0 saturated heterocycles. The van der Waals surface area contributed by atoms with Crippen LogP contribution in [0.25, 0.3) is 0 Å². The van der Waals surface area contributed by atoms with E-state index in [0.29, 0.717) is 5.75 Å². The third-order valence-electron chi connectivity index (χ3n) is 5.87. The second-order valence-corrected chi connectivity index (χ2v) is 12.3. The number of thioether (sulfide) groups is 2. The maximum atomic E-state index is 10.9. The molecule has 1 N–H and O–H groups in total.